The maximum Gasteiger partial charge on any atom is 0.257 e. The van der Waals surface area contributed by atoms with Gasteiger partial charge in [-0.1, -0.05) is 36.0 Å². The summed E-state index contributed by atoms with van der Waals surface area (Å²) in [5.74, 6) is 1.85. The fourth-order valence-corrected chi connectivity index (χ4v) is 4.71. The van der Waals surface area contributed by atoms with E-state index in [2.05, 4.69) is 49.0 Å². The molecule has 5 aromatic rings. The zero-order chi connectivity index (χ0) is 21.2. The molecule has 0 aliphatic carbocycles. The molecule has 0 saturated carbocycles. The maximum atomic E-state index is 5.92. The average molecular weight is 447 g/mol. The van der Waals surface area contributed by atoms with Crippen LogP contribution in [-0.2, 0) is 0 Å². The fourth-order valence-electron chi connectivity index (χ4n) is 3.17. The number of hydrogen-bond donors (Lipinski definition) is 0. The normalized spacial score (nSPS) is 12.2. The van der Waals surface area contributed by atoms with Crippen molar-refractivity contribution in [2.45, 2.75) is 24.3 Å². The van der Waals surface area contributed by atoms with Crippen LogP contribution < -0.4 is 0 Å². The Labute approximate surface area is 187 Å². The van der Waals surface area contributed by atoms with Gasteiger partial charge in [-0.3, -0.25) is 9.55 Å². The van der Waals surface area contributed by atoms with Gasteiger partial charge in [-0.25, -0.2) is 0 Å². The molecule has 31 heavy (non-hydrogen) atoms. The number of para-hydroxylation sites is 1. The summed E-state index contributed by atoms with van der Waals surface area (Å²) in [6.07, 6.45) is 3.51. The van der Waals surface area contributed by atoms with Crippen LogP contribution in [0.25, 0.3) is 27.8 Å². The van der Waals surface area contributed by atoms with E-state index in [1.54, 1.807) is 23.7 Å². The number of pyridine rings is 1. The van der Waals surface area contributed by atoms with Crippen LogP contribution in [0.1, 0.15) is 23.6 Å². The maximum absolute atomic E-state index is 5.92. The average Bonchev–Trinajstić information content (AvgIpc) is 3.55. The molecule has 0 bridgehead atoms. The number of thiophene rings is 1. The topological polar surface area (TPSA) is 82.5 Å². The summed E-state index contributed by atoms with van der Waals surface area (Å²) in [7, 11) is 0. The lowest BCUT2D eigenvalue weighted by molar-refractivity contribution is 0.510. The van der Waals surface area contributed by atoms with Gasteiger partial charge in [0.1, 0.15) is 0 Å². The molecule has 0 aliphatic rings. The molecule has 0 spiro atoms. The second-order valence-corrected chi connectivity index (χ2v) is 9.10. The Kier molecular flexibility index (Phi) is 5.35. The van der Waals surface area contributed by atoms with Crippen molar-refractivity contribution in [1.82, 2.24) is 29.9 Å². The highest BCUT2D eigenvalue weighted by atomic mass is 32.2. The van der Waals surface area contributed by atoms with Crippen LogP contribution in [0.4, 0.5) is 0 Å². The Balaban J connectivity index is 1.52. The molecular weight excluding hydrogens is 428 g/mol. The molecule has 154 valence electrons. The van der Waals surface area contributed by atoms with E-state index in [-0.39, 0.29) is 5.25 Å². The van der Waals surface area contributed by atoms with Crippen molar-refractivity contribution >= 4 is 23.1 Å². The summed E-state index contributed by atoms with van der Waals surface area (Å²) in [6, 6.07) is 16.0. The lowest BCUT2D eigenvalue weighted by Gasteiger charge is -2.14. The second kappa shape index (κ2) is 8.44. The number of nitrogens with zero attached hydrogens (tertiary/aromatic N) is 6. The first-order valence-electron chi connectivity index (χ1n) is 9.66. The van der Waals surface area contributed by atoms with Crippen LogP contribution in [0, 0.1) is 6.92 Å². The lowest BCUT2D eigenvalue weighted by Crippen LogP contribution is -2.03. The fraction of sp³-hybridized carbons (Fsp3) is 0.136. The van der Waals surface area contributed by atoms with Crippen LogP contribution in [0.15, 0.2) is 75.9 Å². The van der Waals surface area contributed by atoms with Crippen molar-refractivity contribution in [3.05, 3.63) is 77.8 Å². The highest BCUT2D eigenvalue weighted by Crippen LogP contribution is 2.38. The van der Waals surface area contributed by atoms with E-state index in [0.29, 0.717) is 11.8 Å². The van der Waals surface area contributed by atoms with Gasteiger partial charge in [-0.05, 0) is 49.1 Å². The lowest BCUT2D eigenvalue weighted by atomic mass is 10.2. The van der Waals surface area contributed by atoms with E-state index in [1.807, 2.05) is 48.7 Å². The van der Waals surface area contributed by atoms with Gasteiger partial charge >= 0.3 is 0 Å². The van der Waals surface area contributed by atoms with Gasteiger partial charge < -0.3 is 4.42 Å². The Morgan fingerprint density at radius 1 is 0.968 bits per heavy atom. The summed E-state index contributed by atoms with van der Waals surface area (Å²) in [5, 5.41) is 20.1. The number of thioether (sulfide) groups is 1. The first-order valence-corrected chi connectivity index (χ1v) is 11.4. The molecule has 4 aromatic heterocycles. The summed E-state index contributed by atoms with van der Waals surface area (Å²) in [4.78, 5) is 5.08. The standard InChI is InChI=1S/C22H18N6OS2/c1-14-6-3-4-7-17(14)28-19(16-9-11-23-12-10-16)24-27-22(28)31-15(2)20-25-26-21(29-20)18-8-5-13-30-18/h3-13,15H,1-2H3. The van der Waals surface area contributed by atoms with E-state index in [1.165, 1.54) is 11.8 Å². The molecule has 1 atom stereocenters. The zero-order valence-electron chi connectivity index (χ0n) is 16.8. The smallest absolute Gasteiger partial charge is 0.257 e. The van der Waals surface area contributed by atoms with Crippen molar-refractivity contribution in [2.24, 2.45) is 0 Å². The van der Waals surface area contributed by atoms with E-state index in [4.69, 9.17) is 4.42 Å². The van der Waals surface area contributed by atoms with Crippen LogP contribution in [0.2, 0.25) is 0 Å². The molecule has 9 heteroatoms. The summed E-state index contributed by atoms with van der Waals surface area (Å²) >= 11 is 3.11. The summed E-state index contributed by atoms with van der Waals surface area (Å²) < 4.78 is 8.00. The number of hydrogen-bond acceptors (Lipinski definition) is 8. The quantitative estimate of drug-likeness (QED) is 0.314. The predicted octanol–water partition coefficient (Wildman–Crippen LogP) is 5.60. The summed E-state index contributed by atoms with van der Waals surface area (Å²) in [5.41, 5.74) is 3.10. The van der Waals surface area contributed by atoms with E-state index in [9.17, 15) is 0 Å². The molecule has 0 radical (unpaired) electrons. The van der Waals surface area contributed by atoms with Gasteiger partial charge in [0.25, 0.3) is 5.89 Å². The minimum Gasteiger partial charge on any atom is -0.419 e. The Morgan fingerprint density at radius 3 is 2.58 bits per heavy atom. The molecule has 7 nitrogen and oxygen atoms in total. The molecule has 0 aliphatic heterocycles. The number of rotatable bonds is 6. The molecule has 1 aromatic carbocycles. The van der Waals surface area contributed by atoms with Crippen LogP contribution in [-0.4, -0.2) is 29.9 Å². The minimum atomic E-state index is -0.0986. The van der Waals surface area contributed by atoms with Crippen LogP contribution in [0.5, 0.6) is 0 Å². The van der Waals surface area contributed by atoms with Crippen molar-refractivity contribution in [3.63, 3.8) is 0 Å². The third-order valence-corrected chi connectivity index (χ3v) is 6.62. The molecular formula is C22H18N6OS2. The molecule has 5 rings (SSSR count). The van der Waals surface area contributed by atoms with Crippen LogP contribution in [0.3, 0.4) is 0 Å². The summed E-state index contributed by atoms with van der Waals surface area (Å²) in [6.45, 7) is 4.11. The molecule has 0 fully saturated rings. The minimum absolute atomic E-state index is 0.0986. The van der Waals surface area contributed by atoms with Gasteiger partial charge in [-0.2, -0.15) is 0 Å². The molecule has 0 amide bonds. The zero-order valence-corrected chi connectivity index (χ0v) is 18.5. The monoisotopic (exact) mass is 446 g/mol. The highest BCUT2D eigenvalue weighted by Gasteiger charge is 2.23. The first-order chi connectivity index (χ1) is 15.2. The van der Waals surface area contributed by atoms with Crippen molar-refractivity contribution in [2.75, 3.05) is 0 Å². The Hall–Kier alpha value is -3.30. The van der Waals surface area contributed by atoms with Crippen molar-refractivity contribution in [3.8, 4) is 27.8 Å². The van der Waals surface area contributed by atoms with Gasteiger partial charge in [0.2, 0.25) is 5.89 Å². The van der Waals surface area contributed by atoms with Gasteiger partial charge in [0, 0.05) is 18.0 Å². The molecule has 0 saturated heterocycles. The van der Waals surface area contributed by atoms with Crippen LogP contribution >= 0.6 is 23.1 Å². The third kappa shape index (κ3) is 3.89. The molecule has 4 heterocycles. The molecule has 1 unspecified atom stereocenters. The third-order valence-electron chi connectivity index (χ3n) is 4.73. The largest absolute Gasteiger partial charge is 0.419 e. The van der Waals surface area contributed by atoms with Gasteiger partial charge in [0.05, 0.1) is 15.8 Å². The SMILES string of the molecule is Cc1ccccc1-n1c(SC(C)c2nnc(-c3cccs3)o2)nnc1-c1ccncc1. The van der Waals surface area contributed by atoms with Gasteiger partial charge in [-0.15, -0.1) is 31.7 Å². The number of aryl methyl sites for hydroxylation is 1. The van der Waals surface area contributed by atoms with E-state index in [0.717, 1.165) is 32.7 Å². The highest BCUT2D eigenvalue weighted by molar-refractivity contribution is 7.99. The predicted molar refractivity (Wildman–Crippen MR) is 121 cm³/mol. The van der Waals surface area contributed by atoms with E-state index < -0.39 is 0 Å². The second-order valence-electron chi connectivity index (χ2n) is 6.85. The Morgan fingerprint density at radius 2 is 1.81 bits per heavy atom. The van der Waals surface area contributed by atoms with Gasteiger partial charge in [0.15, 0.2) is 11.0 Å². The van der Waals surface area contributed by atoms with E-state index >= 15 is 0 Å². The van der Waals surface area contributed by atoms with Crippen molar-refractivity contribution < 1.29 is 4.42 Å². The number of aromatic nitrogens is 6. The first kappa shape index (κ1) is 19.7. The Bertz CT molecular complexity index is 1300. The molecule has 0 N–H and O–H groups in total. The number of benzene rings is 1. The van der Waals surface area contributed by atoms with Crippen molar-refractivity contribution in [1.29, 1.82) is 0 Å².